The van der Waals surface area contributed by atoms with E-state index in [1.807, 2.05) is 26.0 Å². The minimum absolute atomic E-state index is 0.0163. The van der Waals surface area contributed by atoms with Crippen LogP contribution in [0.1, 0.15) is 24.1 Å². The highest BCUT2D eigenvalue weighted by molar-refractivity contribution is 5.90. The minimum atomic E-state index is -0.0163. The number of urea groups is 1. The van der Waals surface area contributed by atoms with Crippen LogP contribution in [0.25, 0.3) is 0 Å². The van der Waals surface area contributed by atoms with Gasteiger partial charge in [-0.15, -0.1) is 0 Å². The first-order valence-corrected chi connectivity index (χ1v) is 7.40. The topological polar surface area (TPSA) is 39.7 Å². The normalized spacial score (nSPS) is 10.8. The van der Waals surface area contributed by atoms with Crippen LogP contribution >= 0.6 is 0 Å². The summed E-state index contributed by atoms with van der Waals surface area (Å²) in [5.41, 5.74) is 2.07. The van der Waals surface area contributed by atoms with E-state index in [-0.39, 0.29) is 6.03 Å². The molecule has 0 aliphatic carbocycles. The largest absolute Gasteiger partial charge is 0.330 e. The Morgan fingerprint density at radius 2 is 1.67 bits per heavy atom. The first kappa shape index (κ1) is 17.4. The first-order valence-electron chi connectivity index (χ1n) is 7.40. The summed E-state index contributed by atoms with van der Waals surface area (Å²) in [4.78, 5) is 22.5. The van der Waals surface area contributed by atoms with Crippen LogP contribution in [0.2, 0.25) is 0 Å². The van der Waals surface area contributed by atoms with Gasteiger partial charge in [0.1, 0.15) is 5.82 Å². The molecular formula is C16H28N4O. The predicted octanol–water partition coefficient (Wildman–Crippen LogP) is 2.53. The van der Waals surface area contributed by atoms with Gasteiger partial charge in [0, 0.05) is 26.3 Å². The van der Waals surface area contributed by atoms with Crippen molar-refractivity contribution in [2.45, 2.75) is 26.7 Å². The van der Waals surface area contributed by atoms with E-state index in [2.05, 4.69) is 24.0 Å². The first-order chi connectivity index (χ1) is 9.81. The number of aromatic nitrogens is 1. The van der Waals surface area contributed by atoms with Crippen molar-refractivity contribution in [3.8, 4) is 0 Å². The zero-order chi connectivity index (χ0) is 16.0. The highest BCUT2D eigenvalue weighted by atomic mass is 16.2. The summed E-state index contributed by atoms with van der Waals surface area (Å²) in [5.74, 6) is 0.746. The van der Waals surface area contributed by atoms with Crippen LogP contribution in [0.4, 0.5) is 10.6 Å². The van der Waals surface area contributed by atoms with E-state index in [0.29, 0.717) is 6.54 Å². The van der Waals surface area contributed by atoms with Gasteiger partial charge in [0.15, 0.2) is 0 Å². The van der Waals surface area contributed by atoms with Gasteiger partial charge in [0.2, 0.25) is 0 Å². The monoisotopic (exact) mass is 292 g/mol. The SMILES string of the molecule is Cc1cc(C)nc(N(CCCCN(C)C)C(=O)N(C)C)c1. The second-order valence-electron chi connectivity index (χ2n) is 5.98. The Morgan fingerprint density at radius 1 is 1.05 bits per heavy atom. The van der Waals surface area contributed by atoms with Gasteiger partial charge >= 0.3 is 6.03 Å². The summed E-state index contributed by atoms with van der Waals surface area (Å²) in [6.07, 6.45) is 2.03. The fourth-order valence-corrected chi connectivity index (χ4v) is 2.21. The lowest BCUT2D eigenvalue weighted by atomic mass is 10.2. The molecule has 0 aliphatic heterocycles. The summed E-state index contributed by atoms with van der Waals surface area (Å²) < 4.78 is 0. The quantitative estimate of drug-likeness (QED) is 0.756. The number of unbranched alkanes of at least 4 members (excludes halogenated alkanes) is 1. The molecule has 0 radical (unpaired) electrons. The second-order valence-corrected chi connectivity index (χ2v) is 5.98. The number of aryl methyl sites for hydroxylation is 2. The fraction of sp³-hybridized carbons (Fsp3) is 0.625. The zero-order valence-electron chi connectivity index (χ0n) is 14.2. The van der Waals surface area contributed by atoms with E-state index in [4.69, 9.17) is 0 Å². The van der Waals surface area contributed by atoms with Gasteiger partial charge in [-0.25, -0.2) is 9.78 Å². The van der Waals surface area contributed by atoms with Crippen LogP contribution in [0.5, 0.6) is 0 Å². The Kier molecular flexibility index (Phi) is 6.62. The van der Waals surface area contributed by atoms with Crippen LogP contribution in [0.3, 0.4) is 0 Å². The molecule has 1 aromatic rings. The van der Waals surface area contributed by atoms with E-state index >= 15 is 0 Å². The molecule has 2 amide bonds. The number of amides is 2. The Hall–Kier alpha value is -1.62. The Balaban J connectivity index is 2.84. The molecule has 0 saturated carbocycles. The third-order valence-corrected chi connectivity index (χ3v) is 3.21. The van der Waals surface area contributed by atoms with Gasteiger partial charge in [0.25, 0.3) is 0 Å². The maximum Gasteiger partial charge on any atom is 0.325 e. The molecule has 5 nitrogen and oxygen atoms in total. The van der Waals surface area contributed by atoms with E-state index in [1.54, 1.807) is 23.9 Å². The summed E-state index contributed by atoms with van der Waals surface area (Å²) in [7, 11) is 7.68. The lowest BCUT2D eigenvalue weighted by molar-refractivity contribution is 0.223. The van der Waals surface area contributed by atoms with Gasteiger partial charge in [-0.2, -0.15) is 0 Å². The van der Waals surface area contributed by atoms with Gasteiger partial charge in [-0.1, -0.05) is 0 Å². The van der Waals surface area contributed by atoms with E-state index in [1.165, 1.54) is 0 Å². The fourth-order valence-electron chi connectivity index (χ4n) is 2.21. The summed E-state index contributed by atoms with van der Waals surface area (Å²) in [6, 6.07) is 3.98. The third-order valence-electron chi connectivity index (χ3n) is 3.21. The molecule has 0 atom stereocenters. The molecule has 0 unspecified atom stereocenters. The van der Waals surface area contributed by atoms with Crippen molar-refractivity contribution in [2.75, 3.05) is 46.2 Å². The summed E-state index contributed by atoms with van der Waals surface area (Å²) in [5, 5.41) is 0. The molecule has 0 aliphatic rings. The zero-order valence-corrected chi connectivity index (χ0v) is 14.2. The lowest BCUT2D eigenvalue weighted by Gasteiger charge is -2.26. The molecule has 0 fully saturated rings. The average Bonchev–Trinajstić information content (AvgIpc) is 2.36. The van der Waals surface area contributed by atoms with Crippen LogP contribution < -0.4 is 4.90 Å². The van der Waals surface area contributed by atoms with Crippen LogP contribution in [0.15, 0.2) is 12.1 Å². The second kappa shape index (κ2) is 7.98. The molecule has 0 aromatic carbocycles. The Bertz CT molecular complexity index is 451. The number of hydrogen-bond donors (Lipinski definition) is 0. The minimum Gasteiger partial charge on any atom is -0.330 e. The number of carbonyl (C=O) groups excluding carboxylic acids is 1. The molecule has 21 heavy (non-hydrogen) atoms. The lowest BCUT2D eigenvalue weighted by Crippen LogP contribution is -2.40. The number of pyridine rings is 1. The predicted molar refractivity (Wildman–Crippen MR) is 87.9 cm³/mol. The van der Waals surface area contributed by atoms with Crippen molar-refractivity contribution >= 4 is 11.8 Å². The van der Waals surface area contributed by atoms with Crippen molar-refractivity contribution in [1.82, 2.24) is 14.8 Å². The van der Waals surface area contributed by atoms with Gasteiger partial charge in [-0.3, -0.25) is 4.90 Å². The number of hydrogen-bond acceptors (Lipinski definition) is 3. The smallest absolute Gasteiger partial charge is 0.325 e. The maximum absolute atomic E-state index is 12.4. The molecule has 0 N–H and O–H groups in total. The molecule has 0 bridgehead atoms. The Labute approximate surface area is 128 Å². The molecule has 0 spiro atoms. The average molecular weight is 292 g/mol. The summed E-state index contributed by atoms with van der Waals surface area (Å²) in [6.45, 7) is 5.72. The highest BCUT2D eigenvalue weighted by Gasteiger charge is 2.18. The van der Waals surface area contributed by atoms with Gasteiger partial charge < -0.3 is 9.80 Å². The summed E-state index contributed by atoms with van der Waals surface area (Å²) >= 11 is 0. The maximum atomic E-state index is 12.4. The number of anilines is 1. The van der Waals surface area contributed by atoms with E-state index < -0.39 is 0 Å². The van der Waals surface area contributed by atoms with Crippen LogP contribution in [0, 0.1) is 13.8 Å². The van der Waals surface area contributed by atoms with Crippen molar-refractivity contribution < 1.29 is 4.79 Å². The van der Waals surface area contributed by atoms with Crippen LogP contribution in [-0.2, 0) is 0 Å². The molecule has 0 saturated heterocycles. The van der Waals surface area contributed by atoms with Crippen molar-refractivity contribution in [3.63, 3.8) is 0 Å². The Morgan fingerprint density at radius 3 is 2.19 bits per heavy atom. The number of carbonyl (C=O) groups is 1. The molecule has 1 aromatic heterocycles. The van der Waals surface area contributed by atoms with Crippen LogP contribution in [-0.4, -0.2) is 62.1 Å². The third kappa shape index (κ3) is 5.71. The molecule has 5 heteroatoms. The standard InChI is InChI=1S/C16H28N4O/c1-13-11-14(2)17-15(12-13)20(16(21)19(5)6)10-8-7-9-18(3)4/h11-12H,7-10H2,1-6H3. The van der Waals surface area contributed by atoms with Gasteiger partial charge in [-0.05, 0) is 65.0 Å². The molecule has 118 valence electrons. The molecule has 1 rings (SSSR count). The van der Waals surface area contributed by atoms with Crippen molar-refractivity contribution in [1.29, 1.82) is 0 Å². The van der Waals surface area contributed by atoms with Gasteiger partial charge in [0.05, 0.1) is 0 Å². The molecular weight excluding hydrogens is 264 g/mol. The van der Waals surface area contributed by atoms with Crippen molar-refractivity contribution in [3.05, 3.63) is 23.4 Å². The number of rotatable bonds is 6. The number of nitrogens with zero attached hydrogens (tertiary/aromatic N) is 4. The van der Waals surface area contributed by atoms with E-state index in [9.17, 15) is 4.79 Å². The molecule has 1 heterocycles. The van der Waals surface area contributed by atoms with E-state index in [0.717, 1.165) is 36.5 Å². The van der Waals surface area contributed by atoms with Crippen molar-refractivity contribution in [2.24, 2.45) is 0 Å². The highest BCUT2D eigenvalue weighted by Crippen LogP contribution is 2.16.